The summed E-state index contributed by atoms with van der Waals surface area (Å²) < 4.78 is 27.7. The number of hydrogen-bond donors (Lipinski definition) is 2. The SMILES string of the molecule is CCCNCc1ccc(Cl)c(S(=O)(=O)NC(C)(C)CC)c1. The lowest BCUT2D eigenvalue weighted by atomic mass is 10.0. The van der Waals surface area contributed by atoms with Crippen LogP contribution >= 0.6 is 11.6 Å². The van der Waals surface area contributed by atoms with Crippen LogP contribution < -0.4 is 10.0 Å². The summed E-state index contributed by atoms with van der Waals surface area (Å²) in [6.45, 7) is 9.25. The first-order valence-electron chi connectivity index (χ1n) is 7.25. The molecular weight excluding hydrogens is 308 g/mol. The Balaban J connectivity index is 3.02. The molecule has 1 aromatic carbocycles. The molecule has 0 saturated heterocycles. The van der Waals surface area contributed by atoms with E-state index in [-0.39, 0.29) is 9.92 Å². The highest BCUT2D eigenvalue weighted by atomic mass is 35.5. The molecule has 0 saturated carbocycles. The van der Waals surface area contributed by atoms with E-state index in [1.165, 1.54) is 0 Å². The highest BCUT2D eigenvalue weighted by Gasteiger charge is 2.26. The Morgan fingerprint density at radius 3 is 2.48 bits per heavy atom. The van der Waals surface area contributed by atoms with E-state index < -0.39 is 15.6 Å². The summed E-state index contributed by atoms with van der Waals surface area (Å²) in [5.41, 5.74) is 0.404. The minimum absolute atomic E-state index is 0.140. The fraction of sp³-hybridized carbons (Fsp3) is 0.600. The second-order valence-electron chi connectivity index (χ2n) is 5.78. The maximum absolute atomic E-state index is 12.5. The van der Waals surface area contributed by atoms with Crippen LogP contribution in [0.15, 0.2) is 23.1 Å². The van der Waals surface area contributed by atoms with E-state index in [4.69, 9.17) is 11.6 Å². The largest absolute Gasteiger partial charge is 0.313 e. The molecule has 120 valence electrons. The van der Waals surface area contributed by atoms with Crippen molar-refractivity contribution in [1.82, 2.24) is 10.0 Å². The van der Waals surface area contributed by atoms with E-state index in [1.54, 1.807) is 12.1 Å². The van der Waals surface area contributed by atoms with Gasteiger partial charge in [0.1, 0.15) is 4.90 Å². The summed E-state index contributed by atoms with van der Waals surface area (Å²) in [6.07, 6.45) is 1.73. The van der Waals surface area contributed by atoms with Crippen LogP contribution in [0.1, 0.15) is 46.1 Å². The molecule has 0 aliphatic rings. The zero-order valence-electron chi connectivity index (χ0n) is 13.2. The van der Waals surface area contributed by atoms with E-state index in [2.05, 4.69) is 17.0 Å². The van der Waals surface area contributed by atoms with Gasteiger partial charge in [-0.05, 0) is 50.9 Å². The zero-order valence-corrected chi connectivity index (χ0v) is 14.7. The molecule has 0 radical (unpaired) electrons. The van der Waals surface area contributed by atoms with Gasteiger partial charge >= 0.3 is 0 Å². The maximum Gasteiger partial charge on any atom is 0.242 e. The number of halogens is 1. The molecule has 1 aromatic rings. The van der Waals surface area contributed by atoms with E-state index in [9.17, 15) is 8.42 Å². The fourth-order valence-electron chi connectivity index (χ4n) is 1.76. The van der Waals surface area contributed by atoms with Crippen molar-refractivity contribution < 1.29 is 8.42 Å². The third-order valence-corrected chi connectivity index (χ3v) is 5.52. The molecule has 0 amide bonds. The van der Waals surface area contributed by atoms with Crippen LogP contribution in [0.3, 0.4) is 0 Å². The smallest absolute Gasteiger partial charge is 0.242 e. The quantitative estimate of drug-likeness (QED) is 0.718. The van der Waals surface area contributed by atoms with Crippen LogP contribution in [0.5, 0.6) is 0 Å². The Hall–Kier alpha value is -0.620. The predicted molar refractivity (Wildman–Crippen MR) is 88.1 cm³/mol. The van der Waals surface area contributed by atoms with Gasteiger partial charge in [0, 0.05) is 12.1 Å². The number of hydrogen-bond acceptors (Lipinski definition) is 3. The van der Waals surface area contributed by atoms with E-state index >= 15 is 0 Å². The van der Waals surface area contributed by atoms with Crippen LogP contribution in [-0.2, 0) is 16.6 Å². The Bertz CT molecular complexity index is 571. The van der Waals surface area contributed by atoms with Gasteiger partial charge in [0.25, 0.3) is 0 Å². The van der Waals surface area contributed by atoms with Crippen molar-refractivity contribution in [3.05, 3.63) is 28.8 Å². The first kappa shape index (κ1) is 18.4. The van der Waals surface area contributed by atoms with Crippen LogP contribution in [0.4, 0.5) is 0 Å². The minimum Gasteiger partial charge on any atom is -0.313 e. The molecule has 0 fully saturated rings. The zero-order chi connectivity index (χ0) is 16.1. The molecule has 2 N–H and O–H groups in total. The lowest BCUT2D eigenvalue weighted by Crippen LogP contribution is -2.42. The van der Waals surface area contributed by atoms with Crippen molar-refractivity contribution in [2.45, 2.75) is 57.5 Å². The first-order chi connectivity index (χ1) is 9.72. The Morgan fingerprint density at radius 1 is 1.24 bits per heavy atom. The summed E-state index contributed by atoms with van der Waals surface area (Å²) in [7, 11) is -3.62. The summed E-state index contributed by atoms with van der Waals surface area (Å²) in [5.74, 6) is 0. The van der Waals surface area contributed by atoms with Crippen LogP contribution in [0.2, 0.25) is 5.02 Å². The summed E-state index contributed by atoms with van der Waals surface area (Å²) in [5, 5.41) is 3.49. The molecule has 0 atom stereocenters. The summed E-state index contributed by atoms with van der Waals surface area (Å²) in [6, 6.07) is 5.12. The van der Waals surface area contributed by atoms with Crippen molar-refractivity contribution in [3.8, 4) is 0 Å². The molecule has 0 aliphatic heterocycles. The van der Waals surface area contributed by atoms with Gasteiger partial charge in [-0.2, -0.15) is 0 Å². The molecule has 0 bridgehead atoms. The predicted octanol–water partition coefficient (Wildman–Crippen LogP) is 3.31. The van der Waals surface area contributed by atoms with Gasteiger partial charge in [-0.3, -0.25) is 0 Å². The molecule has 0 heterocycles. The third-order valence-electron chi connectivity index (χ3n) is 3.34. The highest BCUT2D eigenvalue weighted by molar-refractivity contribution is 7.89. The third kappa shape index (κ3) is 5.58. The van der Waals surface area contributed by atoms with Gasteiger partial charge in [0.15, 0.2) is 0 Å². The van der Waals surface area contributed by atoms with E-state index in [0.29, 0.717) is 13.0 Å². The molecule has 0 spiro atoms. The fourth-order valence-corrected chi connectivity index (χ4v) is 3.80. The molecule has 21 heavy (non-hydrogen) atoms. The Labute approximate surface area is 133 Å². The van der Waals surface area contributed by atoms with Crippen molar-refractivity contribution in [1.29, 1.82) is 0 Å². The van der Waals surface area contributed by atoms with Crippen molar-refractivity contribution >= 4 is 21.6 Å². The average Bonchev–Trinajstić information content (AvgIpc) is 2.39. The van der Waals surface area contributed by atoms with E-state index in [1.807, 2.05) is 26.8 Å². The molecule has 0 aromatic heterocycles. The summed E-state index contributed by atoms with van der Waals surface area (Å²) >= 11 is 6.07. The molecule has 1 rings (SSSR count). The number of rotatable bonds is 8. The van der Waals surface area contributed by atoms with Gasteiger partial charge < -0.3 is 5.32 Å². The molecule has 0 unspecified atom stereocenters. The average molecular weight is 333 g/mol. The standard InChI is InChI=1S/C15H25ClN2O2S/c1-5-9-17-11-12-7-8-13(16)14(10-12)21(19,20)18-15(3,4)6-2/h7-8,10,17-18H,5-6,9,11H2,1-4H3. The highest BCUT2D eigenvalue weighted by Crippen LogP contribution is 2.24. The molecular formula is C15H25ClN2O2S. The maximum atomic E-state index is 12.5. The molecule has 0 aliphatic carbocycles. The van der Waals surface area contributed by atoms with Gasteiger partial charge in [0.05, 0.1) is 5.02 Å². The van der Waals surface area contributed by atoms with Crippen molar-refractivity contribution in [2.75, 3.05) is 6.54 Å². The van der Waals surface area contributed by atoms with Gasteiger partial charge in [0.2, 0.25) is 10.0 Å². The van der Waals surface area contributed by atoms with Gasteiger partial charge in [-0.1, -0.05) is 31.5 Å². The van der Waals surface area contributed by atoms with Crippen molar-refractivity contribution in [2.24, 2.45) is 0 Å². The molecule has 4 nitrogen and oxygen atoms in total. The molecule has 6 heteroatoms. The summed E-state index contributed by atoms with van der Waals surface area (Å²) in [4.78, 5) is 0.140. The van der Waals surface area contributed by atoms with Gasteiger partial charge in [-0.25, -0.2) is 13.1 Å². The normalized spacial score (nSPS) is 12.6. The number of benzene rings is 1. The lowest BCUT2D eigenvalue weighted by Gasteiger charge is -2.24. The second kappa shape index (κ2) is 7.58. The van der Waals surface area contributed by atoms with Gasteiger partial charge in [-0.15, -0.1) is 0 Å². The van der Waals surface area contributed by atoms with E-state index in [0.717, 1.165) is 18.5 Å². The first-order valence-corrected chi connectivity index (χ1v) is 9.11. The minimum atomic E-state index is -3.62. The van der Waals surface area contributed by atoms with Crippen LogP contribution in [0.25, 0.3) is 0 Å². The lowest BCUT2D eigenvalue weighted by molar-refractivity contribution is 0.439. The Kier molecular flexibility index (Phi) is 6.66. The van der Waals surface area contributed by atoms with Crippen molar-refractivity contribution in [3.63, 3.8) is 0 Å². The van der Waals surface area contributed by atoms with Crippen LogP contribution in [0, 0.1) is 0 Å². The topological polar surface area (TPSA) is 58.2 Å². The van der Waals surface area contributed by atoms with Crippen LogP contribution in [-0.4, -0.2) is 20.5 Å². The Morgan fingerprint density at radius 2 is 1.90 bits per heavy atom. The number of nitrogens with one attached hydrogen (secondary N) is 2. The second-order valence-corrected chi connectivity index (χ2v) is 7.84. The monoisotopic (exact) mass is 332 g/mol. The number of sulfonamides is 1.